The molecule has 3 heterocycles. The smallest absolute Gasteiger partial charge is 0.134 e. The normalized spacial score (nSPS) is 26.2. The molecule has 2 atom stereocenters. The van der Waals surface area contributed by atoms with Crippen LogP contribution in [0.5, 0.6) is 0 Å². The number of hydrogen-bond donors (Lipinski definition) is 3. The first-order valence-corrected chi connectivity index (χ1v) is 9.29. The van der Waals surface area contributed by atoms with E-state index < -0.39 is 0 Å². The molecular formula is C18H30N4O3. The average Bonchev–Trinajstić information content (AvgIpc) is 2.60. The molecule has 1 aromatic rings. The predicted octanol–water partition coefficient (Wildman–Crippen LogP) is 1.42. The van der Waals surface area contributed by atoms with Gasteiger partial charge in [-0.15, -0.1) is 0 Å². The van der Waals surface area contributed by atoms with E-state index in [1.54, 1.807) is 6.33 Å². The molecule has 0 aliphatic carbocycles. The largest absolute Gasteiger partial charge is 0.395 e. The van der Waals surface area contributed by atoms with Crippen LogP contribution in [0.1, 0.15) is 39.5 Å². The van der Waals surface area contributed by atoms with Gasteiger partial charge >= 0.3 is 0 Å². The molecule has 3 rings (SSSR count). The van der Waals surface area contributed by atoms with Gasteiger partial charge in [0, 0.05) is 32.1 Å². The molecule has 2 saturated heterocycles. The van der Waals surface area contributed by atoms with Gasteiger partial charge in [0.05, 0.1) is 24.4 Å². The topological polar surface area (TPSA) is 90.7 Å². The maximum Gasteiger partial charge on any atom is 0.134 e. The summed E-state index contributed by atoms with van der Waals surface area (Å²) in [5.74, 6) is 2.04. The lowest BCUT2D eigenvalue weighted by Crippen LogP contribution is -2.53. The highest BCUT2D eigenvalue weighted by Crippen LogP contribution is 2.40. The van der Waals surface area contributed by atoms with Crippen LogP contribution in [-0.2, 0) is 4.74 Å². The van der Waals surface area contributed by atoms with Gasteiger partial charge in [0.15, 0.2) is 0 Å². The van der Waals surface area contributed by atoms with Crippen molar-refractivity contribution in [2.75, 3.05) is 36.5 Å². The van der Waals surface area contributed by atoms with Crippen molar-refractivity contribution in [3.8, 4) is 0 Å². The maximum atomic E-state index is 10.3. The molecule has 0 bridgehead atoms. The first-order valence-electron chi connectivity index (χ1n) is 9.29. The lowest BCUT2D eigenvalue weighted by atomic mass is 9.80. The van der Waals surface area contributed by atoms with Gasteiger partial charge in [-0.2, -0.15) is 0 Å². The summed E-state index contributed by atoms with van der Waals surface area (Å²) in [7, 11) is 0. The Morgan fingerprint density at radius 3 is 2.80 bits per heavy atom. The zero-order chi connectivity index (χ0) is 17.9. The summed E-state index contributed by atoms with van der Waals surface area (Å²) in [6, 6.07) is 1.92. The van der Waals surface area contributed by atoms with E-state index in [2.05, 4.69) is 34.0 Å². The minimum Gasteiger partial charge on any atom is -0.395 e. The molecule has 2 aliphatic heterocycles. The van der Waals surface area contributed by atoms with Crippen LogP contribution in [-0.4, -0.2) is 64.2 Å². The fourth-order valence-electron chi connectivity index (χ4n) is 3.87. The van der Waals surface area contributed by atoms with Gasteiger partial charge in [-0.1, -0.05) is 13.8 Å². The molecule has 7 heteroatoms. The molecule has 140 valence electrons. The Labute approximate surface area is 149 Å². The number of piperidine rings is 1. The van der Waals surface area contributed by atoms with Crippen molar-refractivity contribution < 1.29 is 14.9 Å². The fraction of sp³-hybridized carbons (Fsp3) is 0.778. The van der Waals surface area contributed by atoms with Crippen LogP contribution in [0.25, 0.3) is 0 Å². The van der Waals surface area contributed by atoms with Crippen LogP contribution in [0.15, 0.2) is 12.4 Å². The molecule has 25 heavy (non-hydrogen) atoms. The number of aliphatic hydroxyl groups excluding tert-OH is 2. The number of nitrogens with zero attached hydrogens (tertiary/aromatic N) is 3. The van der Waals surface area contributed by atoms with E-state index in [1.165, 1.54) is 0 Å². The number of nitrogens with one attached hydrogen (secondary N) is 1. The predicted molar refractivity (Wildman–Crippen MR) is 96.7 cm³/mol. The van der Waals surface area contributed by atoms with Crippen molar-refractivity contribution in [1.29, 1.82) is 0 Å². The zero-order valence-corrected chi connectivity index (χ0v) is 15.2. The van der Waals surface area contributed by atoms with Crippen molar-refractivity contribution in [2.24, 2.45) is 5.92 Å². The van der Waals surface area contributed by atoms with Crippen LogP contribution in [0.4, 0.5) is 11.6 Å². The first-order chi connectivity index (χ1) is 12.0. The summed E-state index contributed by atoms with van der Waals surface area (Å²) in [6.07, 6.45) is 4.71. The summed E-state index contributed by atoms with van der Waals surface area (Å²) >= 11 is 0. The van der Waals surface area contributed by atoms with Gasteiger partial charge < -0.3 is 25.2 Å². The Kier molecular flexibility index (Phi) is 5.76. The van der Waals surface area contributed by atoms with E-state index in [0.29, 0.717) is 12.5 Å². The summed E-state index contributed by atoms with van der Waals surface area (Å²) in [6.45, 7) is 6.58. The third-order valence-corrected chi connectivity index (χ3v) is 5.33. The van der Waals surface area contributed by atoms with E-state index in [0.717, 1.165) is 50.4 Å². The van der Waals surface area contributed by atoms with Gasteiger partial charge in [0.25, 0.3) is 0 Å². The zero-order valence-electron chi connectivity index (χ0n) is 15.2. The van der Waals surface area contributed by atoms with Gasteiger partial charge in [0.2, 0.25) is 0 Å². The standard InChI is InChI=1S/C18H30N4O3/c1-13(2)15-9-14(24)11-18(25-15)3-6-22(7-4-18)17-10-16(19-5-8-23)20-12-21-17/h10,12-15,23-24H,3-9,11H2,1-2H3,(H,19,20,21)/t14-,15-/m1/s1. The Balaban J connectivity index is 1.63. The van der Waals surface area contributed by atoms with Gasteiger partial charge in [-0.3, -0.25) is 0 Å². The molecule has 7 nitrogen and oxygen atoms in total. The minimum absolute atomic E-state index is 0.0717. The van der Waals surface area contributed by atoms with Crippen LogP contribution < -0.4 is 10.2 Å². The molecule has 3 N–H and O–H groups in total. The number of anilines is 2. The molecular weight excluding hydrogens is 320 g/mol. The molecule has 2 fully saturated rings. The number of ether oxygens (including phenoxy) is 1. The summed E-state index contributed by atoms with van der Waals surface area (Å²) in [5.41, 5.74) is -0.200. The number of aromatic nitrogens is 2. The summed E-state index contributed by atoms with van der Waals surface area (Å²) in [4.78, 5) is 10.8. The lowest BCUT2D eigenvalue weighted by molar-refractivity contribution is -0.183. The van der Waals surface area contributed by atoms with E-state index >= 15 is 0 Å². The third-order valence-electron chi connectivity index (χ3n) is 5.33. The molecule has 2 aliphatic rings. The second-order valence-corrected chi connectivity index (χ2v) is 7.58. The van der Waals surface area contributed by atoms with Gasteiger partial charge in [0.1, 0.15) is 18.0 Å². The van der Waals surface area contributed by atoms with E-state index in [-0.39, 0.29) is 24.4 Å². The van der Waals surface area contributed by atoms with Crippen molar-refractivity contribution in [1.82, 2.24) is 9.97 Å². The van der Waals surface area contributed by atoms with Crippen molar-refractivity contribution >= 4 is 11.6 Å². The van der Waals surface area contributed by atoms with Crippen LogP contribution >= 0.6 is 0 Å². The number of rotatable bonds is 5. The molecule has 1 aromatic heterocycles. The first kappa shape index (κ1) is 18.4. The third kappa shape index (κ3) is 4.40. The monoisotopic (exact) mass is 350 g/mol. The second kappa shape index (κ2) is 7.85. The Hall–Kier alpha value is -1.44. The van der Waals surface area contributed by atoms with Crippen molar-refractivity contribution in [3.63, 3.8) is 0 Å². The highest BCUT2D eigenvalue weighted by Gasteiger charge is 2.44. The molecule has 1 spiro atoms. The van der Waals surface area contributed by atoms with Gasteiger partial charge in [-0.25, -0.2) is 9.97 Å². The van der Waals surface area contributed by atoms with Crippen molar-refractivity contribution in [2.45, 2.75) is 57.3 Å². The summed E-state index contributed by atoms with van der Waals surface area (Å²) in [5, 5.41) is 22.3. The van der Waals surface area contributed by atoms with E-state index in [4.69, 9.17) is 9.84 Å². The van der Waals surface area contributed by atoms with E-state index in [9.17, 15) is 5.11 Å². The van der Waals surface area contributed by atoms with Crippen LogP contribution in [0, 0.1) is 5.92 Å². The van der Waals surface area contributed by atoms with Crippen LogP contribution in [0.2, 0.25) is 0 Å². The average molecular weight is 350 g/mol. The fourth-order valence-corrected chi connectivity index (χ4v) is 3.87. The summed E-state index contributed by atoms with van der Waals surface area (Å²) < 4.78 is 6.45. The van der Waals surface area contributed by atoms with Crippen LogP contribution in [0.3, 0.4) is 0 Å². The molecule has 0 aromatic carbocycles. The number of hydrogen-bond acceptors (Lipinski definition) is 7. The highest BCUT2D eigenvalue weighted by molar-refractivity contribution is 5.48. The minimum atomic E-state index is -0.263. The van der Waals surface area contributed by atoms with Gasteiger partial charge in [-0.05, 0) is 25.2 Å². The Bertz CT molecular complexity index is 561. The molecule has 0 amide bonds. The maximum absolute atomic E-state index is 10.3. The Morgan fingerprint density at radius 1 is 1.36 bits per heavy atom. The van der Waals surface area contributed by atoms with Crippen molar-refractivity contribution in [3.05, 3.63) is 12.4 Å². The Morgan fingerprint density at radius 2 is 2.12 bits per heavy atom. The van der Waals surface area contributed by atoms with E-state index in [1.807, 2.05) is 6.07 Å². The highest BCUT2D eigenvalue weighted by atomic mass is 16.5. The lowest BCUT2D eigenvalue weighted by Gasteiger charge is -2.49. The SMILES string of the molecule is CC(C)[C@H]1C[C@@H](O)CC2(CCN(c3cc(NCCO)ncn3)CC2)O1. The number of aliphatic hydroxyl groups is 2. The second-order valence-electron chi connectivity index (χ2n) is 7.58. The quantitative estimate of drug-likeness (QED) is 0.740. The molecule has 0 radical (unpaired) electrons. The molecule has 0 saturated carbocycles. The molecule has 0 unspecified atom stereocenters.